The Morgan fingerprint density at radius 3 is 1.77 bits per heavy atom. The molecule has 1 heterocycles. The molecule has 0 spiro atoms. The van der Waals surface area contributed by atoms with Crippen LogP contribution in [0.15, 0.2) is 109 Å². The minimum atomic E-state index is -0.512. The summed E-state index contributed by atoms with van der Waals surface area (Å²) in [5, 5.41) is 2.43. The number of hydrogen-bond donors (Lipinski definition) is 0. The second kappa shape index (κ2) is 9.45. The summed E-state index contributed by atoms with van der Waals surface area (Å²) in [5.74, 6) is 0. The molecule has 3 nitrogen and oxygen atoms in total. The lowest BCUT2D eigenvalue weighted by Crippen LogP contribution is -2.36. The maximum atomic E-state index is 4.73. The van der Waals surface area contributed by atoms with Gasteiger partial charge in [0.25, 0.3) is 0 Å². The monoisotopic (exact) mass is 409 g/mol. The van der Waals surface area contributed by atoms with Gasteiger partial charge in [-0.1, -0.05) is 91.0 Å². The SMILES string of the molecule is S=C=NCCCc1cn(C(c2ccccc2)(c2ccccc2)c2ccccc2)cn1. The molecular formula is C26H23N3S. The highest BCUT2D eigenvalue weighted by atomic mass is 32.1. The van der Waals surface area contributed by atoms with Crippen molar-refractivity contribution >= 4 is 17.4 Å². The van der Waals surface area contributed by atoms with Gasteiger partial charge in [0.1, 0.15) is 5.54 Å². The predicted octanol–water partition coefficient (Wildman–Crippen LogP) is 5.76. The van der Waals surface area contributed by atoms with Gasteiger partial charge in [-0.05, 0) is 41.7 Å². The number of hydrogen-bond acceptors (Lipinski definition) is 3. The topological polar surface area (TPSA) is 30.2 Å². The van der Waals surface area contributed by atoms with E-state index < -0.39 is 5.54 Å². The molecule has 0 fully saturated rings. The minimum absolute atomic E-state index is 0.512. The molecule has 0 saturated carbocycles. The molecule has 1 aromatic heterocycles. The first-order valence-electron chi connectivity index (χ1n) is 10.1. The van der Waals surface area contributed by atoms with Crippen molar-refractivity contribution in [3.8, 4) is 0 Å². The average Bonchev–Trinajstić information content (AvgIpc) is 3.29. The summed E-state index contributed by atoms with van der Waals surface area (Å²) < 4.78 is 2.24. The highest BCUT2D eigenvalue weighted by Gasteiger charge is 2.38. The van der Waals surface area contributed by atoms with Crippen molar-refractivity contribution in [1.82, 2.24) is 9.55 Å². The van der Waals surface area contributed by atoms with Crippen molar-refractivity contribution in [2.24, 2.45) is 4.99 Å². The van der Waals surface area contributed by atoms with Crippen LogP contribution in [0, 0.1) is 0 Å². The lowest BCUT2D eigenvalue weighted by molar-refractivity contribution is 0.514. The number of isothiocyanates is 1. The van der Waals surface area contributed by atoms with Gasteiger partial charge in [0.15, 0.2) is 0 Å². The standard InChI is InChI=1S/C26H23N3S/c30-21-27-18-10-17-25-19-29(20-28-25)26(22-11-4-1-5-12-22,23-13-6-2-7-14-23)24-15-8-3-9-16-24/h1-9,11-16,19-20H,10,17-18H2. The molecular weight excluding hydrogens is 386 g/mol. The van der Waals surface area contributed by atoms with E-state index >= 15 is 0 Å². The molecule has 4 rings (SSSR count). The third-order valence-electron chi connectivity index (χ3n) is 5.37. The van der Waals surface area contributed by atoms with Crippen LogP contribution < -0.4 is 0 Å². The zero-order chi connectivity index (χ0) is 20.7. The molecule has 0 aliphatic carbocycles. The Hall–Kier alpha value is -3.33. The lowest BCUT2D eigenvalue weighted by Gasteiger charge is -2.37. The number of thiocarbonyl (C=S) groups is 1. The van der Waals surface area contributed by atoms with Crippen LogP contribution in [0.5, 0.6) is 0 Å². The van der Waals surface area contributed by atoms with E-state index in [1.165, 1.54) is 16.7 Å². The molecule has 0 N–H and O–H groups in total. The second-order valence-corrected chi connectivity index (χ2v) is 7.34. The van der Waals surface area contributed by atoms with E-state index in [0.717, 1.165) is 18.5 Å². The van der Waals surface area contributed by atoms with Crippen LogP contribution in [0.3, 0.4) is 0 Å². The number of aliphatic imine (C=N–C) groups is 1. The molecule has 4 aromatic rings. The van der Waals surface area contributed by atoms with Crippen molar-refractivity contribution in [3.63, 3.8) is 0 Å². The Morgan fingerprint density at radius 2 is 1.30 bits per heavy atom. The summed E-state index contributed by atoms with van der Waals surface area (Å²) in [4.78, 5) is 8.75. The molecule has 0 radical (unpaired) electrons. The van der Waals surface area contributed by atoms with Crippen LogP contribution in [0.1, 0.15) is 28.8 Å². The zero-order valence-electron chi connectivity index (χ0n) is 16.7. The Balaban J connectivity index is 1.90. The van der Waals surface area contributed by atoms with E-state index in [0.29, 0.717) is 6.54 Å². The third-order valence-corrected chi connectivity index (χ3v) is 5.49. The maximum absolute atomic E-state index is 4.73. The molecule has 4 heteroatoms. The van der Waals surface area contributed by atoms with Gasteiger partial charge in [0.05, 0.1) is 17.2 Å². The maximum Gasteiger partial charge on any atom is 0.121 e. The smallest absolute Gasteiger partial charge is 0.121 e. The normalized spacial score (nSPS) is 11.1. The van der Waals surface area contributed by atoms with Gasteiger partial charge in [0.2, 0.25) is 0 Å². The van der Waals surface area contributed by atoms with Crippen molar-refractivity contribution in [2.75, 3.05) is 6.54 Å². The first-order valence-corrected chi connectivity index (χ1v) is 10.5. The number of nitrogens with zero attached hydrogens (tertiary/aromatic N) is 3. The third kappa shape index (κ3) is 3.88. The molecule has 0 atom stereocenters. The van der Waals surface area contributed by atoms with Crippen LogP contribution in [0.25, 0.3) is 0 Å². The molecule has 0 amide bonds. The molecule has 30 heavy (non-hydrogen) atoms. The summed E-state index contributed by atoms with van der Waals surface area (Å²) in [7, 11) is 0. The first-order chi connectivity index (χ1) is 14.9. The Morgan fingerprint density at radius 1 is 0.800 bits per heavy atom. The number of benzene rings is 3. The second-order valence-electron chi connectivity index (χ2n) is 7.16. The molecule has 0 saturated heterocycles. The van der Waals surface area contributed by atoms with Crippen molar-refractivity contribution in [1.29, 1.82) is 0 Å². The summed E-state index contributed by atoms with van der Waals surface area (Å²) in [6, 6.07) is 31.9. The van der Waals surface area contributed by atoms with Gasteiger partial charge >= 0.3 is 0 Å². The highest BCUT2D eigenvalue weighted by molar-refractivity contribution is 7.78. The van der Waals surface area contributed by atoms with Crippen LogP contribution in [-0.4, -0.2) is 21.3 Å². The predicted molar refractivity (Wildman–Crippen MR) is 125 cm³/mol. The van der Waals surface area contributed by atoms with Crippen molar-refractivity contribution < 1.29 is 0 Å². The van der Waals surface area contributed by atoms with Gasteiger partial charge < -0.3 is 4.57 Å². The lowest BCUT2D eigenvalue weighted by atomic mass is 9.77. The quantitative estimate of drug-likeness (QED) is 0.160. The van der Waals surface area contributed by atoms with Crippen LogP contribution >= 0.6 is 12.2 Å². The van der Waals surface area contributed by atoms with Crippen molar-refractivity contribution in [3.05, 3.63) is 126 Å². The summed E-state index contributed by atoms with van der Waals surface area (Å²) in [5.41, 5.74) is 4.10. The number of rotatable bonds is 8. The average molecular weight is 410 g/mol. The Labute approximate surface area is 182 Å². The fourth-order valence-corrected chi connectivity index (χ4v) is 4.14. The molecule has 0 aliphatic rings. The van der Waals surface area contributed by atoms with E-state index in [9.17, 15) is 0 Å². The summed E-state index contributed by atoms with van der Waals surface area (Å²) in [6.07, 6.45) is 5.86. The summed E-state index contributed by atoms with van der Waals surface area (Å²) >= 11 is 4.66. The number of aryl methyl sites for hydroxylation is 1. The van der Waals surface area contributed by atoms with E-state index in [4.69, 9.17) is 4.98 Å². The minimum Gasteiger partial charge on any atom is -0.319 e. The van der Waals surface area contributed by atoms with E-state index in [1.54, 1.807) is 0 Å². The van der Waals surface area contributed by atoms with Crippen molar-refractivity contribution in [2.45, 2.75) is 18.4 Å². The van der Waals surface area contributed by atoms with Gasteiger partial charge in [-0.2, -0.15) is 0 Å². The number of imidazole rings is 1. The molecule has 0 unspecified atom stereocenters. The molecule has 148 valence electrons. The van der Waals surface area contributed by atoms with Crippen LogP contribution in [0.4, 0.5) is 0 Å². The first kappa shape index (κ1) is 20.0. The fraction of sp³-hybridized carbons (Fsp3) is 0.154. The molecule has 0 aliphatic heterocycles. The molecule has 3 aromatic carbocycles. The highest BCUT2D eigenvalue weighted by Crippen LogP contribution is 2.40. The van der Waals surface area contributed by atoms with Crippen LogP contribution in [0.2, 0.25) is 0 Å². The summed E-state index contributed by atoms with van der Waals surface area (Å²) in [6.45, 7) is 0.678. The van der Waals surface area contributed by atoms with Crippen LogP contribution in [-0.2, 0) is 12.0 Å². The van der Waals surface area contributed by atoms with Gasteiger partial charge in [-0.3, -0.25) is 0 Å². The molecule has 0 bridgehead atoms. The largest absolute Gasteiger partial charge is 0.319 e. The van der Waals surface area contributed by atoms with E-state index in [2.05, 4.69) is 124 Å². The van der Waals surface area contributed by atoms with Gasteiger partial charge in [-0.25, -0.2) is 9.98 Å². The van der Waals surface area contributed by atoms with Gasteiger partial charge in [-0.15, -0.1) is 0 Å². The van der Waals surface area contributed by atoms with Gasteiger partial charge in [0, 0.05) is 12.7 Å². The van der Waals surface area contributed by atoms with E-state index in [1.807, 2.05) is 6.33 Å². The fourth-order valence-electron chi connectivity index (χ4n) is 4.05. The Bertz CT molecular complexity index is 1020. The van der Waals surface area contributed by atoms with E-state index in [-0.39, 0.29) is 0 Å². The zero-order valence-corrected chi connectivity index (χ0v) is 17.5. The number of aromatic nitrogens is 2. The Kier molecular flexibility index (Phi) is 6.29.